The minimum atomic E-state index is -1.10. The van der Waals surface area contributed by atoms with Crippen LogP contribution in [0.1, 0.15) is 37.9 Å². The fourth-order valence-electron chi connectivity index (χ4n) is 3.17. The van der Waals surface area contributed by atoms with E-state index in [0.717, 1.165) is 5.56 Å². The van der Waals surface area contributed by atoms with Crippen molar-refractivity contribution in [1.29, 1.82) is 0 Å². The minimum Gasteiger partial charge on any atom is -0.508 e. The SMILES string of the molecule is C=CCN(C(=O)CNC(=O)OC(C)(C)C)C(C(=O)Nc1c(C)cccc1Cl)c1ccc(O)cc1. The largest absolute Gasteiger partial charge is 0.508 e. The Morgan fingerprint density at radius 1 is 1.18 bits per heavy atom. The van der Waals surface area contributed by atoms with Gasteiger partial charge in [-0.25, -0.2) is 4.79 Å². The number of phenolic OH excluding ortho intramolecular Hbond substituents is 1. The molecular weight excluding hydrogens is 458 g/mol. The summed E-state index contributed by atoms with van der Waals surface area (Å²) in [6.07, 6.45) is 0.726. The summed E-state index contributed by atoms with van der Waals surface area (Å²) in [5.74, 6) is -1.04. The molecule has 0 aliphatic heterocycles. The van der Waals surface area contributed by atoms with E-state index in [1.54, 1.807) is 58.0 Å². The molecule has 2 aromatic carbocycles. The quantitative estimate of drug-likeness (QED) is 0.472. The third kappa shape index (κ3) is 7.52. The van der Waals surface area contributed by atoms with Gasteiger partial charge in [-0.2, -0.15) is 0 Å². The number of halogens is 1. The van der Waals surface area contributed by atoms with Crippen LogP contribution in [-0.4, -0.2) is 46.6 Å². The molecular formula is C25H30ClN3O5. The molecule has 0 aliphatic carbocycles. The lowest BCUT2D eigenvalue weighted by molar-refractivity contribution is -0.137. The average molecular weight is 488 g/mol. The number of nitrogens with zero attached hydrogens (tertiary/aromatic N) is 1. The van der Waals surface area contributed by atoms with Gasteiger partial charge in [0.2, 0.25) is 5.91 Å². The molecule has 0 aliphatic rings. The molecule has 34 heavy (non-hydrogen) atoms. The fourth-order valence-corrected chi connectivity index (χ4v) is 3.43. The van der Waals surface area contributed by atoms with E-state index >= 15 is 0 Å². The van der Waals surface area contributed by atoms with Crippen molar-refractivity contribution < 1.29 is 24.2 Å². The predicted molar refractivity (Wildman–Crippen MR) is 132 cm³/mol. The molecule has 1 unspecified atom stereocenters. The van der Waals surface area contributed by atoms with Gasteiger partial charge in [-0.1, -0.05) is 41.9 Å². The van der Waals surface area contributed by atoms with Crippen molar-refractivity contribution in [3.8, 4) is 5.75 Å². The number of aryl methyl sites for hydroxylation is 1. The van der Waals surface area contributed by atoms with Gasteiger partial charge < -0.3 is 25.4 Å². The van der Waals surface area contributed by atoms with Crippen molar-refractivity contribution in [2.24, 2.45) is 0 Å². The number of anilines is 1. The number of para-hydroxylation sites is 1. The molecule has 8 nitrogen and oxygen atoms in total. The molecule has 2 rings (SSSR count). The molecule has 9 heteroatoms. The summed E-state index contributed by atoms with van der Waals surface area (Å²) < 4.78 is 5.18. The van der Waals surface area contributed by atoms with E-state index < -0.39 is 36.1 Å². The molecule has 0 bridgehead atoms. The third-order valence-electron chi connectivity index (χ3n) is 4.67. The minimum absolute atomic E-state index is 0.0121. The first-order chi connectivity index (χ1) is 15.9. The highest BCUT2D eigenvalue weighted by Gasteiger charge is 2.32. The van der Waals surface area contributed by atoms with E-state index in [2.05, 4.69) is 17.2 Å². The predicted octanol–water partition coefficient (Wildman–Crippen LogP) is 4.57. The van der Waals surface area contributed by atoms with Gasteiger partial charge in [-0.3, -0.25) is 9.59 Å². The first-order valence-corrected chi connectivity index (χ1v) is 11.0. The van der Waals surface area contributed by atoms with Crippen LogP contribution < -0.4 is 10.6 Å². The lowest BCUT2D eigenvalue weighted by atomic mass is 10.0. The molecule has 0 fully saturated rings. The highest BCUT2D eigenvalue weighted by molar-refractivity contribution is 6.34. The van der Waals surface area contributed by atoms with Crippen LogP contribution in [0, 0.1) is 6.92 Å². The summed E-state index contributed by atoms with van der Waals surface area (Å²) in [6.45, 7) is 10.2. The summed E-state index contributed by atoms with van der Waals surface area (Å²) in [5.41, 5.74) is 0.900. The Balaban J connectivity index is 2.36. The van der Waals surface area contributed by atoms with Crippen molar-refractivity contribution in [2.45, 2.75) is 39.3 Å². The number of rotatable bonds is 8. The molecule has 0 saturated carbocycles. The van der Waals surface area contributed by atoms with Gasteiger partial charge in [0, 0.05) is 6.54 Å². The van der Waals surface area contributed by atoms with Crippen molar-refractivity contribution in [3.63, 3.8) is 0 Å². The maximum Gasteiger partial charge on any atom is 0.408 e. The smallest absolute Gasteiger partial charge is 0.408 e. The Kier molecular flexibility index (Phi) is 9.09. The van der Waals surface area contributed by atoms with Crippen LogP contribution in [0.4, 0.5) is 10.5 Å². The second kappa shape index (κ2) is 11.6. The van der Waals surface area contributed by atoms with Crippen molar-refractivity contribution >= 4 is 35.2 Å². The number of carbonyl (C=O) groups excluding carboxylic acids is 3. The first-order valence-electron chi connectivity index (χ1n) is 10.6. The van der Waals surface area contributed by atoms with E-state index in [0.29, 0.717) is 16.3 Å². The first kappa shape index (κ1) is 26.7. The van der Waals surface area contributed by atoms with Crippen LogP contribution in [0.15, 0.2) is 55.1 Å². The molecule has 0 saturated heterocycles. The van der Waals surface area contributed by atoms with Gasteiger partial charge in [0.05, 0.1) is 10.7 Å². The highest BCUT2D eigenvalue weighted by Crippen LogP contribution is 2.29. The van der Waals surface area contributed by atoms with Crippen LogP contribution in [0.2, 0.25) is 5.02 Å². The van der Waals surface area contributed by atoms with Gasteiger partial charge >= 0.3 is 6.09 Å². The maximum atomic E-state index is 13.5. The number of amides is 3. The summed E-state index contributed by atoms with van der Waals surface area (Å²) in [4.78, 5) is 39.9. The topological polar surface area (TPSA) is 108 Å². The maximum absolute atomic E-state index is 13.5. The molecule has 2 aromatic rings. The number of nitrogens with one attached hydrogen (secondary N) is 2. The fraction of sp³-hybridized carbons (Fsp3) is 0.320. The molecule has 3 amide bonds. The number of aromatic hydroxyl groups is 1. The second-order valence-corrected chi connectivity index (χ2v) is 9.01. The van der Waals surface area contributed by atoms with E-state index in [1.807, 2.05) is 0 Å². The number of ether oxygens (including phenoxy) is 1. The van der Waals surface area contributed by atoms with Crippen molar-refractivity contribution in [2.75, 3.05) is 18.4 Å². The summed E-state index contributed by atoms with van der Waals surface area (Å²) in [5, 5.41) is 15.3. The van der Waals surface area contributed by atoms with Gasteiger partial charge in [-0.15, -0.1) is 6.58 Å². The highest BCUT2D eigenvalue weighted by atomic mass is 35.5. The van der Waals surface area contributed by atoms with Gasteiger partial charge in [0.25, 0.3) is 5.91 Å². The summed E-state index contributed by atoms with van der Waals surface area (Å²) >= 11 is 6.28. The summed E-state index contributed by atoms with van der Waals surface area (Å²) in [6, 6.07) is 10.1. The van der Waals surface area contributed by atoms with Crippen molar-refractivity contribution in [1.82, 2.24) is 10.2 Å². The molecule has 0 radical (unpaired) electrons. The zero-order valence-electron chi connectivity index (χ0n) is 19.7. The van der Waals surface area contributed by atoms with Crippen LogP contribution in [0.3, 0.4) is 0 Å². The summed E-state index contributed by atoms with van der Waals surface area (Å²) in [7, 11) is 0. The van der Waals surface area contributed by atoms with Gasteiger partial charge in [0.1, 0.15) is 23.9 Å². The Morgan fingerprint density at radius 3 is 2.38 bits per heavy atom. The number of hydrogen-bond donors (Lipinski definition) is 3. The number of benzene rings is 2. The van der Waals surface area contributed by atoms with E-state index in [4.69, 9.17) is 16.3 Å². The lowest BCUT2D eigenvalue weighted by Crippen LogP contribution is -2.46. The monoisotopic (exact) mass is 487 g/mol. The van der Waals surface area contributed by atoms with E-state index in [1.165, 1.54) is 23.1 Å². The average Bonchev–Trinajstić information content (AvgIpc) is 2.74. The normalized spacial score (nSPS) is 11.8. The number of phenols is 1. The Hall–Kier alpha value is -3.52. The van der Waals surface area contributed by atoms with Crippen LogP contribution in [0.5, 0.6) is 5.75 Å². The lowest BCUT2D eigenvalue weighted by Gasteiger charge is -2.31. The van der Waals surface area contributed by atoms with Gasteiger partial charge in [0.15, 0.2) is 0 Å². The van der Waals surface area contributed by atoms with Crippen molar-refractivity contribution in [3.05, 3.63) is 71.3 Å². The molecule has 182 valence electrons. The Morgan fingerprint density at radius 2 is 1.82 bits per heavy atom. The van der Waals surface area contributed by atoms with Crippen LogP contribution >= 0.6 is 11.6 Å². The molecule has 0 aromatic heterocycles. The molecule has 0 heterocycles. The van der Waals surface area contributed by atoms with E-state index in [-0.39, 0.29) is 12.3 Å². The number of carbonyl (C=O) groups is 3. The zero-order valence-corrected chi connectivity index (χ0v) is 20.5. The standard InChI is InChI=1S/C25H30ClN3O5/c1-6-14-29(20(31)15-27-24(33)34-25(3,4)5)22(17-10-12-18(30)13-11-17)23(32)28-21-16(2)8-7-9-19(21)26/h6-13,22,30H,1,14-15H2,2-5H3,(H,27,33)(H,28,32). The second-order valence-electron chi connectivity index (χ2n) is 8.61. The molecule has 3 N–H and O–H groups in total. The van der Waals surface area contributed by atoms with Gasteiger partial charge in [-0.05, 0) is 57.0 Å². The Bertz CT molecular complexity index is 1030. The zero-order chi connectivity index (χ0) is 25.5. The third-order valence-corrected chi connectivity index (χ3v) is 4.98. The number of alkyl carbamates (subject to hydrolysis) is 1. The Labute approximate surface area is 204 Å². The van der Waals surface area contributed by atoms with Crippen LogP contribution in [-0.2, 0) is 14.3 Å². The number of hydrogen-bond acceptors (Lipinski definition) is 5. The van der Waals surface area contributed by atoms with Crippen LogP contribution in [0.25, 0.3) is 0 Å². The molecule has 0 spiro atoms. The molecule has 1 atom stereocenters. The van der Waals surface area contributed by atoms with E-state index in [9.17, 15) is 19.5 Å².